The minimum Gasteiger partial charge on any atom is -0.504 e. The van der Waals surface area contributed by atoms with Crippen LogP contribution in [0, 0.1) is 6.92 Å². The molecular weight excluding hydrogens is 196 g/mol. The van der Waals surface area contributed by atoms with E-state index in [0.29, 0.717) is 5.56 Å². The van der Waals surface area contributed by atoms with Crippen molar-refractivity contribution < 1.29 is 22.3 Å². The fraction of sp³-hybridized carbons (Fsp3) is 0.143. The summed E-state index contributed by atoms with van der Waals surface area (Å²) in [5.74, 6) is -0.595. The van der Waals surface area contributed by atoms with Gasteiger partial charge in [-0.3, -0.25) is 4.55 Å². The molecule has 0 aromatic heterocycles. The largest absolute Gasteiger partial charge is 0.504 e. The van der Waals surface area contributed by atoms with Gasteiger partial charge in [-0.05, 0) is 18.6 Å². The Morgan fingerprint density at radius 2 is 2.00 bits per heavy atom. The average Bonchev–Trinajstić information content (AvgIpc) is 1.95. The molecule has 2 N–H and O–H groups in total. The Morgan fingerprint density at radius 1 is 1.38 bits per heavy atom. The molecule has 0 aliphatic carbocycles. The van der Waals surface area contributed by atoms with Crippen LogP contribution in [0.25, 0.3) is 0 Å². The average molecular weight is 204 g/mol. The molecule has 6 heteroatoms. The highest BCUT2D eigenvalue weighted by Crippen LogP contribution is 2.29. The Kier molecular flexibility index (Phi) is 2.44. The second-order valence-electron chi connectivity index (χ2n) is 2.43. The number of aromatic hydroxyl groups is 1. The molecule has 1 aromatic rings. The monoisotopic (exact) mass is 204 g/mol. The summed E-state index contributed by atoms with van der Waals surface area (Å²) >= 11 is 0. The fourth-order valence-corrected chi connectivity index (χ4v) is 1.28. The van der Waals surface area contributed by atoms with Crippen LogP contribution in [0.5, 0.6) is 11.5 Å². The van der Waals surface area contributed by atoms with E-state index in [4.69, 9.17) is 9.66 Å². The van der Waals surface area contributed by atoms with Gasteiger partial charge in [0.1, 0.15) is 0 Å². The predicted octanol–water partition coefficient (Wildman–Crippen LogP) is 0.882. The van der Waals surface area contributed by atoms with Crippen molar-refractivity contribution in [2.24, 2.45) is 0 Å². The van der Waals surface area contributed by atoms with Crippen LogP contribution in [0.3, 0.4) is 0 Å². The van der Waals surface area contributed by atoms with Gasteiger partial charge in [-0.1, -0.05) is 12.1 Å². The number of aryl methyl sites for hydroxylation is 1. The zero-order valence-electron chi connectivity index (χ0n) is 6.76. The van der Waals surface area contributed by atoms with Crippen molar-refractivity contribution >= 4 is 10.4 Å². The first-order chi connectivity index (χ1) is 5.90. The summed E-state index contributed by atoms with van der Waals surface area (Å²) in [4.78, 5) is 0. The normalized spacial score (nSPS) is 11.2. The molecule has 0 spiro atoms. The van der Waals surface area contributed by atoms with Crippen molar-refractivity contribution in [1.82, 2.24) is 0 Å². The Bertz CT molecular complexity index is 389. The summed E-state index contributed by atoms with van der Waals surface area (Å²) < 4.78 is 33.2. The molecule has 0 radical (unpaired) electrons. The molecule has 0 heterocycles. The summed E-state index contributed by atoms with van der Waals surface area (Å²) in [6, 6.07) is 4.33. The van der Waals surface area contributed by atoms with Crippen molar-refractivity contribution in [3.8, 4) is 11.5 Å². The number of rotatable bonds is 2. The first-order valence-electron chi connectivity index (χ1n) is 3.35. The molecule has 0 saturated heterocycles. The molecule has 0 bridgehead atoms. The van der Waals surface area contributed by atoms with Crippen LogP contribution in [0.1, 0.15) is 5.56 Å². The zero-order chi connectivity index (χ0) is 10.1. The van der Waals surface area contributed by atoms with Crippen LogP contribution in [0.4, 0.5) is 0 Å². The SMILES string of the molecule is Cc1cccc(O)c1OS(=O)(=O)O. The van der Waals surface area contributed by atoms with Gasteiger partial charge >= 0.3 is 10.4 Å². The molecule has 1 rings (SSSR count). The van der Waals surface area contributed by atoms with E-state index in [1.807, 2.05) is 0 Å². The molecule has 0 fully saturated rings. The number of hydrogen-bond acceptors (Lipinski definition) is 4. The smallest absolute Gasteiger partial charge is 0.446 e. The number of phenols is 1. The lowest BCUT2D eigenvalue weighted by atomic mass is 10.2. The maximum absolute atomic E-state index is 10.3. The topological polar surface area (TPSA) is 83.8 Å². The predicted molar refractivity (Wildman–Crippen MR) is 45.0 cm³/mol. The van der Waals surface area contributed by atoms with Gasteiger partial charge in [0.15, 0.2) is 11.5 Å². The van der Waals surface area contributed by atoms with E-state index in [1.54, 1.807) is 13.0 Å². The first kappa shape index (κ1) is 9.82. The quantitative estimate of drug-likeness (QED) is 0.698. The Morgan fingerprint density at radius 3 is 2.46 bits per heavy atom. The third-order valence-corrected chi connectivity index (χ3v) is 1.76. The molecule has 5 nitrogen and oxygen atoms in total. The zero-order valence-corrected chi connectivity index (χ0v) is 7.58. The maximum Gasteiger partial charge on any atom is 0.446 e. The standard InChI is InChI=1S/C7H8O5S/c1-5-3-2-4-6(8)7(5)12-13(9,10)11/h2-4,8H,1H3,(H,9,10,11). The van der Waals surface area contributed by atoms with Crippen LogP contribution in [0.2, 0.25) is 0 Å². The summed E-state index contributed by atoms with van der Waals surface area (Å²) in [5, 5.41) is 9.15. The third-order valence-electron chi connectivity index (χ3n) is 1.38. The lowest BCUT2D eigenvalue weighted by molar-refractivity contribution is 0.369. The molecule has 0 aliphatic heterocycles. The molecular formula is C7H8O5S. The maximum atomic E-state index is 10.3. The minimum absolute atomic E-state index is 0.259. The number of phenolic OH excluding ortho intramolecular Hbond substituents is 1. The molecule has 1 aromatic carbocycles. The van der Waals surface area contributed by atoms with Gasteiger partial charge in [0.25, 0.3) is 0 Å². The van der Waals surface area contributed by atoms with Crippen LogP contribution < -0.4 is 4.18 Å². The van der Waals surface area contributed by atoms with Crippen molar-refractivity contribution in [1.29, 1.82) is 0 Å². The van der Waals surface area contributed by atoms with E-state index < -0.39 is 10.4 Å². The van der Waals surface area contributed by atoms with E-state index in [9.17, 15) is 8.42 Å². The lowest BCUT2D eigenvalue weighted by Crippen LogP contribution is -2.07. The van der Waals surface area contributed by atoms with Crippen molar-refractivity contribution in [3.63, 3.8) is 0 Å². The van der Waals surface area contributed by atoms with E-state index in [1.165, 1.54) is 12.1 Å². The molecule has 0 unspecified atom stereocenters. The highest BCUT2D eigenvalue weighted by atomic mass is 32.3. The third kappa shape index (κ3) is 2.60. The second-order valence-corrected chi connectivity index (χ2v) is 3.46. The van der Waals surface area contributed by atoms with Gasteiger partial charge < -0.3 is 9.29 Å². The van der Waals surface area contributed by atoms with Crippen molar-refractivity contribution in [2.45, 2.75) is 6.92 Å². The van der Waals surface area contributed by atoms with Gasteiger partial charge in [0.2, 0.25) is 0 Å². The van der Waals surface area contributed by atoms with Crippen LogP contribution in [0.15, 0.2) is 18.2 Å². The van der Waals surface area contributed by atoms with Crippen LogP contribution >= 0.6 is 0 Å². The lowest BCUT2D eigenvalue weighted by Gasteiger charge is -2.06. The highest BCUT2D eigenvalue weighted by Gasteiger charge is 2.13. The Labute approximate surface area is 75.5 Å². The number of para-hydroxylation sites is 1. The number of hydrogen-bond donors (Lipinski definition) is 2. The van der Waals surface area contributed by atoms with E-state index >= 15 is 0 Å². The molecule has 0 saturated carbocycles. The van der Waals surface area contributed by atoms with Gasteiger partial charge in [0.05, 0.1) is 0 Å². The summed E-state index contributed by atoms with van der Waals surface area (Å²) in [5.41, 5.74) is 0.414. The van der Waals surface area contributed by atoms with E-state index in [2.05, 4.69) is 4.18 Å². The van der Waals surface area contributed by atoms with Gasteiger partial charge in [-0.25, -0.2) is 0 Å². The first-order valence-corrected chi connectivity index (χ1v) is 4.72. The summed E-state index contributed by atoms with van der Waals surface area (Å²) in [6.07, 6.45) is 0. The molecule has 13 heavy (non-hydrogen) atoms. The minimum atomic E-state index is -4.58. The van der Waals surface area contributed by atoms with Gasteiger partial charge in [-0.2, -0.15) is 8.42 Å². The summed E-state index contributed by atoms with van der Waals surface area (Å²) in [6.45, 7) is 1.54. The second kappa shape index (κ2) is 3.23. The highest BCUT2D eigenvalue weighted by molar-refractivity contribution is 7.81. The van der Waals surface area contributed by atoms with Crippen molar-refractivity contribution in [2.75, 3.05) is 0 Å². The fourth-order valence-electron chi connectivity index (χ4n) is 0.851. The van der Waals surface area contributed by atoms with E-state index in [0.717, 1.165) is 0 Å². The molecule has 0 aliphatic rings. The van der Waals surface area contributed by atoms with E-state index in [-0.39, 0.29) is 11.5 Å². The van der Waals surface area contributed by atoms with Crippen LogP contribution in [-0.4, -0.2) is 18.1 Å². The van der Waals surface area contributed by atoms with Gasteiger partial charge in [0, 0.05) is 0 Å². The Balaban J connectivity index is 3.15. The summed E-state index contributed by atoms with van der Waals surface area (Å²) in [7, 11) is -4.58. The molecule has 0 amide bonds. The molecule has 72 valence electrons. The molecule has 0 atom stereocenters. The van der Waals surface area contributed by atoms with Crippen LogP contribution in [-0.2, 0) is 10.4 Å². The van der Waals surface area contributed by atoms with Gasteiger partial charge in [-0.15, -0.1) is 0 Å². The Hall–Kier alpha value is -1.27. The van der Waals surface area contributed by atoms with Crippen molar-refractivity contribution in [3.05, 3.63) is 23.8 Å². The number of benzene rings is 1.